The van der Waals surface area contributed by atoms with Crippen LogP contribution in [0.4, 0.5) is 0 Å². The van der Waals surface area contributed by atoms with Crippen molar-refractivity contribution < 1.29 is 0 Å². The molecule has 16 heavy (non-hydrogen) atoms. The van der Waals surface area contributed by atoms with Crippen molar-refractivity contribution in [3.63, 3.8) is 0 Å². The van der Waals surface area contributed by atoms with Crippen LogP contribution in [0.1, 0.15) is 90.4 Å². The van der Waals surface area contributed by atoms with E-state index < -0.39 is 0 Å². The zero-order valence-electron chi connectivity index (χ0n) is 11.3. The normalized spacial score (nSPS) is 10.2. The van der Waals surface area contributed by atoms with Gasteiger partial charge < -0.3 is 0 Å². The highest BCUT2D eigenvalue weighted by Gasteiger charge is 1.92. The van der Waals surface area contributed by atoms with Crippen LogP contribution in [0.2, 0.25) is 0 Å². The largest absolute Gasteiger partial charge is 0.120 e. The first-order chi connectivity index (χ1) is 7.91. The van der Waals surface area contributed by atoms with Gasteiger partial charge in [0.25, 0.3) is 0 Å². The van der Waals surface area contributed by atoms with Crippen molar-refractivity contribution in [1.82, 2.24) is 0 Å². The molecule has 0 unspecified atom stereocenters. The predicted octanol–water partition coefficient (Wildman–Crippen LogP) is 5.71. The zero-order chi connectivity index (χ0) is 11.9. The van der Waals surface area contributed by atoms with Gasteiger partial charge in [0.05, 0.1) is 0 Å². The van der Waals surface area contributed by atoms with E-state index in [0.717, 1.165) is 6.42 Å². The second kappa shape index (κ2) is 14.6. The Balaban J connectivity index is 2.86. The topological polar surface area (TPSA) is 0 Å². The van der Waals surface area contributed by atoms with Gasteiger partial charge in [-0.05, 0) is 6.42 Å². The van der Waals surface area contributed by atoms with Crippen molar-refractivity contribution in [2.24, 2.45) is 0 Å². The minimum absolute atomic E-state index is 0.970. The van der Waals surface area contributed by atoms with Crippen molar-refractivity contribution in [3.8, 4) is 12.3 Å². The Labute approximate surface area is 103 Å². The van der Waals surface area contributed by atoms with Crippen LogP contribution in [0.25, 0.3) is 0 Å². The Morgan fingerprint density at radius 3 is 1.38 bits per heavy atom. The summed E-state index contributed by atoms with van der Waals surface area (Å²) in [5, 5.41) is 0. The molecular weight excluding hydrogens is 192 g/mol. The fourth-order valence-corrected chi connectivity index (χ4v) is 2.07. The van der Waals surface area contributed by atoms with E-state index in [4.69, 9.17) is 6.42 Å². The van der Waals surface area contributed by atoms with Crippen molar-refractivity contribution in [3.05, 3.63) is 0 Å². The van der Waals surface area contributed by atoms with Crippen LogP contribution >= 0.6 is 0 Å². The minimum Gasteiger partial charge on any atom is -0.120 e. The second-order valence-corrected chi connectivity index (χ2v) is 4.84. The van der Waals surface area contributed by atoms with Crippen LogP contribution in [0.3, 0.4) is 0 Å². The smallest absolute Gasteiger partial charge is 0.00860 e. The molecule has 0 aromatic heterocycles. The molecule has 0 radical (unpaired) electrons. The molecule has 0 heterocycles. The van der Waals surface area contributed by atoms with Gasteiger partial charge in [-0.3, -0.25) is 0 Å². The lowest BCUT2D eigenvalue weighted by Gasteiger charge is -2.01. The van der Waals surface area contributed by atoms with Crippen molar-refractivity contribution in [2.75, 3.05) is 0 Å². The molecule has 94 valence electrons. The van der Waals surface area contributed by atoms with Crippen molar-refractivity contribution >= 4 is 0 Å². The molecule has 0 aliphatic rings. The molecule has 0 aromatic carbocycles. The number of rotatable bonds is 12. The van der Waals surface area contributed by atoms with E-state index in [1.54, 1.807) is 0 Å². The van der Waals surface area contributed by atoms with Gasteiger partial charge in [0.1, 0.15) is 0 Å². The minimum atomic E-state index is 0.970. The van der Waals surface area contributed by atoms with E-state index >= 15 is 0 Å². The summed E-state index contributed by atoms with van der Waals surface area (Å²) in [4.78, 5) is 0. The average Bonchev–Trinajstić information content (AvgIpc) is 2.31. The Hall–Kier alpha value is -0.440. The molecule has 0 aliphatic heterocycles. The van der Waals surface area contributed by atoms with Gasteiger partial charge >= 0.3 is 0 Å². The summed E-state index contributed by atoms with van der Waals surface area (Å²) in [5.41, 5.74) is 0. The number of terminal acetylenes is 1. The van der Waals surface area contributed by atoms with Gasteiger partial charge in [-0.15, -0.1) is 12.3 Å². The summed E-state index contributed by atoms with van der Waals surface area (Å²) in [6.07, 6.45) is 23.0. The van der Waals surface area contributed by atoms with E-state index in [2.05, 4.69) is 12.8 Å². The molecule has 0 bridgehead atoms. The molecule has 0 aromatic rings. The molecule has 0 N–H and O–H groups in total. The fraction of sp³-hybridized carbons (Fsp3) is 0.875. The monoisotopic (exact) mass is 222 g/mol. The molecule has 0 fully saturated rings. The van der Waals surface area contributed by atoms with E-state index in [1.807, 2.05) is 0 Å². The van der Waals surface area contributed by atoms with Crippen LogP contribution in [0.5, 0.6) is 0 Å². The summed E-state index contributed by atoms with van der Waals surface area (Å²) in [6, 6.07) is 0. The lowest BCUT2D eigenvalue weighted by atomic mass is 10.0. The van der Waals surface area contributed by atoms with Gasteiger partial charge in [-0.1, -0.05) is 77.6 Å². The van der Waals surface area contributed by atoms with Crippen molar-refractivity contribution in [2.45, 2.75) is 90.4 Å². The standard InChI is InChI=1S/C16H30/c1-3-5-7-9-11-13-15-16-14-12-10-8-6-4-2/h1H,4-16H2,2H3. The molecule has 0 heteroatoms. The Morgan fingerprint density at radius 1 is 0.625 bits per heavy atom. The molecule has 0 nitrogen and oxygen atoms in total. The summed E-state index contributed by atoms with van der Waals surface area (Å²) in [6.45, 7) is 2.28. The Morgan fingerprint density at radius 2 is 1.00 bits per heavy atom. The molecule has 0 amide bonds. The first kappa shape index (κ1) is 15.6. The maximum Gasteiger partial charge on any atom is 0.00860 e. The first-order valence-electron chi connectivity index (χ1n) is 7.35. The van der Waals surface area contributed by atoms with Gasteiger partial charge in [0.2, 0.25) is 0 Å². The quantitative estimate of drug-likeness (QED) is 0.293. The highest BCUT2D eigenvalue weighted by molar-refractivity contribution is 4.82. The first-order valence-corrected chi connectivity index (χ1v) is 7.35. The second-order valence-electron chi connectivity index (χ2n) is 4.84. The Kier molecular flexibility index (Phi) is 14.2. The summed E-state index contributed by atoms with van der Waals surface area (Å²) < 4.78 is 0. The van der Waals surface area contributed by atoms with Crippen LogP contribution in [0.15, 0.2) is 0 Å². The maximum atomic E-state index is 5.21. The number of hydrogen-bond acceptors (Lipinski definition) is 0. The number of unbranched alkanes of at least 4 members (excludes halogenated alkanes) is 12. The van der Waals surface area contributed by atoms with E-state index in [0.29, 0.717) is 0 Å². The van der Waals surface area contributed by atoms with Gasteiger partial charge in [0.15, 0.2) is 0 Å². The van der Waals surface area contributed by atoms with Crippen LogP contribution in [-0.2, 0) is 0 Å². The highest BCUT2D eigenvalue weighted by Crippen LogP contribution is 2.12. The number of hydrogen-bond donors (Lipinski definition) is 0. The SMILES string of the molecule is C#CCCCCCCCCCCCCCC. The van der Waals surface area contributed by atoms with Crippen molar-refractivity contribution in [1.29, 1.82) is 0 Å². The fourth-order valence-electron chi connectivity index (χ4n) is 2.07. The van der Waals surface area contributed by atoms with E-state index in [-0.39, 0.29) is 0 Å². The van der Waals surface area contributed by atoms with Gasteiger partial charge in [-0.2, -0.15) is 0 Å². The molecule has 0 spiro atoms. The lowest BCUT2D eigenvalue weighted by Crippen LogP contribution is -1.82. The lowest BCUT2D eigenvalue weighted by molar-refractivity contribution is 0.545. The highest BCUT2D eigenvalue weighted by atomic mass is 14.0. The predicted molar refractivity (Wildman–Crippen MR) is 74.5 cm³/mol. The van der Waals surface area contributed by atoms with Crippen LogP contribution in [-0.4, -0.2) is 0 Å². The summed E-state index contributed by atoms with van der Waals surface area (Å²) >= 11 is 0. The third-order valence-electron chi connectivity index (χ3n) is 3.17. The third kappa shape index (κ3) is 13.6. The van der Waals surface area contributed by atoms with Gasteiger partial charge in [0, 0.05) is 6.42 Å². The molecule has 0 atom stereocenters. The van der Waals surface area contributed by atoms with Gasteiger partial charge in [-0.25, -0.2) is 0 Å². The summed E-state index contributed by atoms with van der Waals surface area (Å²) in [5.74, 6) is 2.70. The van der Waals surface area contributed by atoms with E-state index in [1.165, 1.54) is 77.0 Å². The Bertz CT molecular complexity index is 152. The molecular formula is C16H30. The molecule has 0 rings (SSSR count). The zero-order valence-corrected chi connectivity index (χ0v) is 11.3. The molecule has 0 saturated carbocycles. The van der Waals surface area contributed by atoms with Crippen LogP contribution in [0, 0.1) is 12.3 Å². The van der Waals surface area contributed by atoms with E-state index in [9.17, 15) is 0 Å². The third-order valence-corrected chi connectivity index (χ3v) is 3.17. The van der Waals surface area contributed by atoms with Crippen LogP contribution < -0.4 is 0 Å². The molecule has 0 aliphatic carbocycles. The maximum absolute atomic E-state index is 5.21. The average molecular weight is 222 g/mol. The molecule has 0 saturated heterocycles. The summed E-state index contributed by atoms with van der Waals surface area (Å²) in [7, 11) is 0.